The lowest BCUT2D eigenvalue weighted by Crippen LogP contribution is -2.40. The van der Waals surface area contributed by atoms with Crippen LogP contribution in [0.25, 0.3) is 0 Å². The summed E-state index contributed by atoms with van der Waals surface area (Å²) in [6.45, 7) is 5.36. The maximum atomic E-state index is 11.1. The molecule has 0 bridgehead atoms. The van der Waals surface area contributed by atoms with Gasteiger partial charge in [0.15, 0.2) is 0 Å². The molecule has 1 unspecified atom stereocenters. The number of aromatic nitrogens is 1. The lowest BCUT2D eigenvalue weighted by atomic mass is 10.2. The summed E-state index contributed by atoms with van der Waals surface area (Å²) in [5.74, 6) is 0.328. The highest BCUT2D eigenvalue weighted by Crippen LogP contribution is 2.28. The number of rotatable bonds is 6. The quantitative estimate of drug-likeness (QED) is 0.456. The Hall–Kier alpha value is -1.40. The van der Waals surface area contributed by atoms with Crippen LogP contribution in [0.5, 0.6) is 0 Å². The first kappa shape index (κ1) is 15.7. The molecule has 0 N–H and O–H groups in total. The van der Waals surface area contributed by atoms with Gasteiger partial charge in [-0.3, -0.25) is 10.1 Å². The van der Waals surface area contributed by atoms with Gasteiger partial charge in [0.2, 0.25) is 5.82 Å². The minimum absolute atomic E-state index is 0.0168. The van der Waals surface area contributed by atoms with E-state index in [0.29, 0.717) is 12.4 Å². The summed E-state index contributed by atoms with van der Waals surface area (Å²) in [5.41, 5.74) is -0.0168. The van der Waals surface area contributed by atoms with Gasteiger partial charge < -0.3 is 9.80 Å². The molecule has 0 radical (unpaired) electrons. The van der Waals surface area contributed by atoms with Gasteiger partial charge in [-0.05, 0) is 34.0 Å². The van der Waals surface area contributed by atoms with Gasteiger partial charge in [-0.1, -0.05) is 11.6 Å². The second kappa shape index (κ2) is 6.68. The Bertz CT molecular complexity index is 453. The third-order valence-electron chi connectivity index (χ3n) is 2.79. The lowest BCUT2D eigenvalue weighted by molar-refractivity contribution is -0.384. The van der Waals surface area contributed by atoms with Crippen molar-refractivity contribution in [2.75, 3.05) is 32.1 Å². The van der Waals surface area contributed by atoms with Crippen molar-refractivity contribution in [3.8, 4) is 0 Å². The second-order valence-corrected chi connectivity index (χ2v) is 5.02. The topological polar surface area (TPSA) is 62.5 Å². The molecule has 19 heavy (non-hydrogen) atoms. The zero-order chi connectivity index (χ0) is 14.6. The maximum Gasteiger partial charge on any atom is 0.311 e. The van der Waals surface area contributed by atoms with Gasteiger partial charge in [-0.2, -0.15) is 0 Å². The molecule has 0 saturated heterocycles. The van der Waals surface area contributed by atoms with Crippen LogP contribution in [0.4, 0.5) is 11.5 Å². The highest BCUT2D eigenvalue weighted by Gasteiger charge is 2.24. The lowest BCUT2D eigenvalue weighted by Gasteiger charge is -2.30. The van der Waals surface area contributed by atoms with Crippen molar-refractivity contribution in [3.05, 3.63) is 27.4 Å². The van der Waals surface area contributed by atoms with E-state index in [1.807, 2.05) is 37.7 Å². The van der Waals surface area contributed by atoms with Crippen LogP contribution in [0.15, 0.2) is 12.1 Å². The molecule has 1 rings (SSSR count). The van der Waals surface area contributed by atoms with Crippen LogP contribution in [0.3, 0.4) is 0 Å². The third-order valence-corrected chi connectivity index (χ3v) is 3.00. The highest BCUT2D eigenvalue weighted by molar-refractivity contribution is 6.29. The number of anilines is 1. The predicted molar refractivity (Wildman–Crippen MR) is 76.9 cm³/mol. The fourth-order valence-electron chi connectivity index (χ4n) is 2.07. The summed E-state index contributed by atoms with van der Waals surface area (Å²) in [6, 6.07) is 2.94. The van der Waals surface area contributed by atoms with Gasteiger partial charge >= 0.3 is 5.69 Å². The molecule has 7 heteroatoms. The van der Waals surface area contributed by atoms with Gasteiger partial charge in [0.05, 0.1) is 4.92 Å². The molecule has 1 heterocycles. The van der Waals surface area contributed by atoms with Crippen LogP contribution in [-0.4, -0.2) is 48.0 Å². The van der Waals surface area contributed by atoms with Crippen LogP contribution in [-0.2, 0) is 0 Å². The van der Waals surface area contributed by atoms with E-state index in [-0.39, 0.29) is 16.9 Å². The van der Waals surface area contributed by atoms with Gasteiger partial charge in [-0.25, -0.2) is 4.98 Å². The first-order valence-corrected chi connectivity index (χ1v) is 6.46. The Morgan fingerprint density at radius 1 is 1.47 bits per heavy atom. The monoisotopic (exact) mass is 286 g/mol. The average molecular weight is 287 g/mol. The first-order valence-electron chi connectivity index (χ1n) is 6.09. The molecule has 1 aromatic rings. The van der Waals surface area contributed by atoms with Crippen molar-refractivity contribution >= 4 is 23.1 Å². The van der Waals surface area contributed by atoms with Crippen LogP contribution in [0.2, 0.25) is 5.15 Å². The van der Waals surface area contributed by atoms with Gasteiger partial charge in [0.1, 0.15) is 5.15 Å². The third kappa shape index (κ3) is 4.04. The Kier molecular flexibility index (Phi) is 5.50. The smallest absolute Gasteiger partial charge is 0.311 e. The van der Waals surface area contributed by atoms with E-state index in [4.69, 9.17) is 11.6 Å². The summed E-state index contributed by atoms with van der Waals surface area (Å²) >= 11 is 5.86. The van der Waals surface area contributed by atoms with E-state index >= 15 is 0 Å². The number of likely N-dealkylation sites (N-methyl/N-ethyl adjacent to an activating group) is 2. The van der Waals surface area contributed by atoms with Crippen LogP contribution in [0.1, 0.15) is 13.8 Å². The van der Waals surface area contributed by atoms with Crippen molar-refractivity contribution in [2.45, 2.75) is 19.9 Å². The minimum atomic E-state index is -0.427. The molecule has 0 saturated carbocycles. The molecular weight excluding hydrogens is 268 g/mol. The summed E-state index contributed by atoms with van der Waals surface area (Å²) < 4.78 is 0. The van der Waals surface area contributed by atoms with Crippen molar-refractivity contribution in [1.82, 2.24) is 9.88 Å². The van der Waals surface area contributed by atoms with E-state index in [9.17, 15) is 10.1 Å². The molecule has 1 atom stereocenters. The number of nitro groups is 1. The second-order valence-electron chi connectivity index (χ2n) is 4.63. The fourth-order valence-corrected chi connectivity index (χ4v) is 2.21. The Morgan fingerprint density at radius 2 is 2.11 bits per heavy atom. The van der Waals surface area contributed by atoms with E-state index in [1.165, 1.54) is 12.1 Å². The molecule has 0 aliphatic carbocycles. The van der Waals surface area contributed by atoms with Gasteiger partial charge in [0.25, 0.3) is 0 Å². The number of hydrogen-bond donors (Lipinski definition) is 0. The standard InChI is InChI=1S/C12H19ClN4O2/c1-5-16(9(2)8-15(3)4)12-10(17(18)19)6-7-11(13)14-12/h6-7,9H,5,8H2,1-4H3. The normalized spacial score (nSPS) is 12.5. The molecule has 0 spiro atoms. The molecule has 0 amide bonds. The van der Waals surface area contributed by atoms with Crippen molar-refractivity contribution in [3.63, 3.8) is 0 Å². The molecule has 106 valence electrons. The van der Waals surface area contributed by atoms with Crippen molar-refractivity contribution in [2.24, 2.45) is 0 Å². The largest absolute Gasteiger partial charge is 0.347 e. The first-order chi connectivity index (χ1) is 8.86. The minimum Gasteiger partial charge on any atom is -0.347 e. The van der Waals surface area contributed by atoms with Crippen LogP contribution in [0, 0.1) is 10.1 Å². The van der Waals surface area contributed by atoms with E-state index in [1.54, 1.807) is 0 Å². The molecule has 0 aromatic carbocycles. The summed E-state index contributed by atoms with van der Waals surface area (Å²) in [4.78, 5) is 18.7. The molecule has 0 fully saturated rings. The zero-order valence-electron chi connectivity index (χ0n) is 11.6. The number of pyridine rings is 1. The summed E-state index contributed by atoms with van der Waals surface area (Å²) in [6.07, 6.45) is 0. The maximum absolute atomic E-state index is 11.1. The van der Waals surface area contributed by atoms with E-state index in [2.05, 4.69) is 4.98 Å². The Morgan fingerprint density at radius 3 is 2.58 bits per heavy atom. The predicted octanol–water partition coefficient (Wildman–Crippen LogP) is 2.42. The molecule has 0 aliphatic rings. The number of nitrogens with zero attached hydrogens (tertiary/aromatic N) is 4. The number of hydrogen-bond acceptors (Lipinski definition) is 5. The highest BCUT2D eigenvalue weighted by atomic mass is 35.5. The molecule has 0 aliphatic heterocycles. The van der Waals surface area contributed by atoms with E-state index in [0.717, 1.165) is 6.54 Å². The van der Waals surface area contributed by atoms with Crippen LogP contribution < -0.4 is 4.90 Å². The Balaban J connectivity index is 3.16. The number of halogens is 1. The SMILES string of the molecule is CCN(c1nc(Cl)ccc1[N+](=O)[O-])C(C)CN(C)C. The van der Waals surface area contributed by atoms with E-state index < -0.39 is 4.92 Å². The van der Waals surface area contributed by atoms with Crippen molar-refractivity contribution in [1.29, 1.82) is 0 Å². The fraction of sp³-hybridized carbons (Fsp3) is 0.583. The van der Waals surface area contributed by atoms with Gasteiger partial charge in [-0.15, -0.1) is 0 Å². The summed E-state index contributed by atoms with van der Waals surface area (Å²) in [5, 5.41) is 11.3. The molecule has 6 nitrogen and oxygen atoms in total. The summed E-state index contributed by atoms with van der Waals surface area (Å²) in [7, 11) is 3.92. The molecular formula is C12H19ClN4O2. The molecule has 1 aromatic heterocycles. The van der Waals surface area contributed by atoms with Crippen molar-refractivity contribution < 1.29 is 4.92 Å². The zero-order valence-corrected chi connectivity index (χ0v) is 12.4. The average Bonchev–Trinajstić information content (AvgIpc) is 2.28. The Labute approximate surface area is 118 Å². The van der Waals surface area contributed by atoms with Crippen LogP contribution >= 0.6 is 11.6 Å². The van der Waals surface area contributed by atoms with Gasteiger partial charge in [0, 0.05) is 25.2 Å².